The minimum Gasteiger partial charge on any atom is -0.478 e. The monoisotopic (exact) mass is 342 g/mol. The van der Waals surface area contributed by atoms with Crippen molar-refractivity contribution in [1.29, 1.82) is 0 Å². The van der Waals surface area contributed by atoms with Crippen LogP contribution in [0.4, 0.5) is 0 Å². The molecular formula is C19H18O4S. The standard InChI is InChI=1S/C19H18O4S/c1-4-10(2)12-8-14-17(20)13-7-11(19(21)22)5-6-15(13)23-18(14)16(9-12)24-3/h5-10H,4H2,1-3H3,(H,21,22). The molecule has 0 fully saturated rings. The lowest BCUT2D eigenvalue weighted by atomic mass is 9.96. The van der Waals surface area contributed by atoms with E-state index in [0.29, 0.717) is 27.9 Å². The van der Waals surface area contributed by atoms with Gasteiger partial charge >= 0.3 is 5.97 Å². The molecule has 1 aromatic heterocycles. The Hall–Kier alpha value is -2.27. The van der Waals surface area contributed by atoms with E-state index < -0.39 is 5.97 Å². The predicted octanol–water partition coefficient (Wildman–Crippen LogP) is 4.88. The molecule has 3 aromatic rings. The van der Waals surface area contributed by atoms with E-state index in [9.17, 15) is 9.59 Å². The second-order valence-corrected chi connectivity index (χ2v) is 6.70. The van der Waals surface area contributed by atoms with E-state index in [1.54, 1.807) is 6.07 Å². The van der Waals surface area contributed by atoms with Gasteiger partial charge in [0, 0.05) is 0 Å². The van der Waals surface area contributed by atoms with Crippen molar-refractivity contribution in [2.75, 3.05) is 6.26 Å². The molecule has 4 nitrogen and oxygen atoms in total. The van der Waals surface area contributed by atoms with Gasteiger partial charge in [-0.2, -0.15) is 0 Å². The first-order chi connectivity index (χ1) is 11.5. The normalized spacial score (nSPS) is 12.6. The van der Waals surface area contributed by atoms with Gasteiger partial charge in [0.15, 0.2) is 5.58 Å². The molecule has 1 heterocycles. The molecule has 0 aliphatic rings. The number of aromatic carboxylic acids is 1. The third-order valence-corrected chi connectivity index (χ3v) is 5.15. The van der Waals surface area contributed by atoms with E-state index >= 15 is 0 Å². The Balaban J connectivity index is 2.41. The van der Waals surface area contributed by atoms with Crippen LogP contribution < -0.4 is 5.43 Å². The zero-order valence-electron chi connectivity index (χ0n) is 13.8. The summed E-state index contributed by atoms with van der Waals surface area (Å²) in [5.41, 5.74) is 1.96. The molecule has 24 heavy (non-hydrogen) atoms. The smallest absolute Gasteiger partial charge is 0.335 e. The predicted molar refractivity (Wildman–Crippen MR) is 97.4 cm³/mol. The summed E-state index contributed by atoms with van der Waals surface area (Å²) >= 11 is 1.54. The molecule has 1 unspecified atom stereocenters. The van der Waals surface area contributed by atoms with Gasteiger partial charge in [0.2, 0.25) is 5.43 Å². The summed E-state index contributed by atoms with van der Waals surface area (Å²) in [6.45, 7) is 4.23. The van der Waals surface area contributed by atoms with Crippen molar-refractivity contribution in [1.82, 2.24) is 0 Å². The SMILES string of the molecule is CCC(C)c1cc(SC)c2oc3ccc(C(=O)O)cc3c(=O)c2c1. The molecule has 2 aromatic carbocycles. The second-order valence-electron chi connectivity index (χ2n) is 5.86. The summed E-state index contributed by atoms with van der Waals surface area (Å²) in [6, 6.07) is 8.33. The van der Waals surface area contributed by atoms with E-state index in [1.807, 2.05) is 12.3 Å². The summed E-state index contributed by atoms with van der Waals surface area (Å²) in [5, 5.41) is 9.95. The molecule has 0 saturated carbocycles. The summed E-state index contributed by atoms with van der Waals surface area (Å²) < 4.78 is 5.94. The average Bonchev–Trinajstić information content (AvgIpc) is 2.60. The topological polar surface area (TPSA) is 67.5 Å². The lowest BCUT2D eigenvalue weighted by Gasteiger charge is -2.13. The fourth-order valence-corrected chi connectivity index (χ4v) is 3.34. The molecule has 0 amide bonds. The lowest BCUT2D eigenvalue weighted by Crippen LogP contribution is -2.06. The highest BCUT2D eigenvalue weighted by Gasteiger charge is 2.16. The second kappa shape index (κ2) is 6.32. The quantitative estimate of drug-likeness (QED) is 0.540. The van der Waals surface area contributed by atoms with Gasteiger partial charge in [0.05, 0.1) is 21.2 Å². The maximum Gasteiger partial charge on any atom is 0.335 e. The number of carboxylic acids is 1. The zero-order chi connectivity index (χ0) is 17.4. The summed E-state index contributed by atoms with van der Waals surface area (Å²) in [7, 11) is 0. The molecule has 5 heteroatoms. The van der Waals surface area contributed by atoms with Crippen LogP contribution in [-0.2, 0) is 0 Å². The Morgan fingerprint density at radius 2 is 2.00 bits per heavy atom. The number of hydrogen-bond donors (Lipinski definition) is 1. The summed E-state index contributed by atoms with van der Waals surface area (Å²) in [5.74, 6) is -0.727. The van der Waals surface area contributed by atoms with Gasteiger partial charge in [0.25, 0.3) is 0 Å². The van der Waals surface area contributed by atoms with Crippen LogP contribution in [0.5, 0.6) is 0 Å². The van der Waals surface area contributed by atoms with Crippen LogP contribution in [0.1, 0.15) is 42.1 Å². The van der Waals surface area contributed by atoms with Crippen molar-refractivity contribution >= 4 is 39.7 Å². The molecule has 0 spiro atoms. The highest BCUT2D eigenvalue weighted by atomic mass is 32.2. The van der Waals surface area contributed by atoms with E-state index in [-0.39, 0.29) is 11.0 Å². The van der Waals surface area contributed by atoms with Crippen LogP contribution in [-0.4, -0.2) is 17.3 Å². The zero-order valence-corrected chi connectivity index (χ0v) is 14.6. The Morgan fingerprint density at radius 3 is 2.62 bits per heavy atom. The summed E-state index contributed by atoms with van der Waals surface area (Å²) in [6.07, 6.45) is 2.92. The molecule has 0 bridgehead atoms. The lowest BCUT2D eigenvalue weighted by molar-refractivity contribution is 0.0697. The Morgan fingerprint density at radius 1 is 1.25 bits per heavy atom. The maximum absolute atomic E-state index is 12.9. The van der Waals surface area contributed by atoms with Gasteiger partial charge in [-0.3, -0.25) is 4.79 Å². The minimum atomic E-state index is -1.06. The van der Waals surface area contributed by atoms with Gasteiger partial charge in [0.1, 0.15) is 5.58 Å². The number of carboxylic acid groups (broad SMARTS) is 1. The number of thioether (sulfide) groups is 1. The fraction of sp³-hybridized carbons (Fsp3) is 0.263. The molecule has 124 valence electrons. The Labute approximate surface area is 143 Å². The van der Waals surface area contributed by atoms with E-state index in [1.165, 1.54) is 23.9 Å². The molecule has 3 rings (SSSR count). The molecule has 0 aliphatic heterocycles. The molecular weight excluding hydrogens is 324 g/mol. The van der Waals surface area contributed by atoms with Gasteiger partial charge < -0.3 is 9.52 Å². The van der Waals surface area contributed by atoms with Crippen LogP contribution in [0.15, 0.2) is 44.4 Å². The maximum atomic E-state index is 12.9. The number of benzene rings is 2. The van der Waals surface area contributed by atoms with Crippen molar-refractivity contribution in [2.45, 2.75) is 31.1 Å². The van der Waals surface area contributed by atoms with Crippen molar-refractivity contribution in [3.05, 3.63) is 51.7 Å². The van der Waals surface area contributed by atoms with Crippen LogP contribution >= 0.6 is 11.8 Å². The molecule has 0 aliphatic carbocycles. The average molecular weight is 342 g/mol. The number of carbonyl (C=O) groups is 1. The van der Waals surface area contributed by atoms with Gasteiger partial charge in [-0.1, -0.05) is 13.8 Å². The molecule has 1 N–H and O–H groups in total. The minimum absolute atomic E-state index is 0.0809. The van der Waals surface area contributed by atoms with E-state index in [0.717, 1.165) is 16.9 Å². The van der Waals surface area contributed by atoms with Crippen molar-refractivity contribution in [2.24, 2.45) is 0 Å². The first-order valence-electron chi connectivity index (χ1n) is 7.78. The van der Waals surface area contributed by atoms with Crippen LogP contribution in [0.3, 0.4) is 0 Å². The van der Waals surface area contributed by atoms with E-state index in [2.05, 4.69) is 19.9 Å². The van der Waals surface area contributed by atoms with E-state index in [4.69, 9.17) is 9.52 Å². The van der Waals surface area contributed by atoms with Crippen molar-refractivity contribution < 1.29 is 14.3 Å². The third-order valence-electron chi connectivity index (χ3n) is 4.41. The fourth-order valence-electron chi connectivity index (χ4n) is 2.75. The van der Waals surface area contributed by atoms with Gasteiger partial charge in [-0.25, -0.2) is 4.79 Å². The highest BCUT2D eigenvalue weighted by molar-refractivity contribution is 7.98. The Kier molecular flexibility index (Phi) is 4.37. The van der Waals surface area contributed by atoms with Crippen LogP contribution in [0.2, 0.25) is 0 Å². The van der Waals surface area contributed by atoms with Crippen molar-refractivity contribution in [3.8, 4) is 0 Å². The van der Waals surface area contributed by atoms with Crippen molar-refractivity contribution in [3.63, 3.8) is 0 Å². The molecule has 1 atom stereocenters. The largest absolute Gasteiger partial charge is 0.478 e. The van der Waals surface area contributed by atoms with Gasteiger partial charge in [-0.05, 0) is 54.5 Å². The first kappa shape index (κ1) is 16.6. The number of rotatable bonds is 4. The number of hydrogen-bond acceptors (Lipinski definition) is 4. The van der Waals surface area contributed by atoms with Crippen LogP contribution in [0, 0.1) is 0 Å². The van der Waals surface area contributed by atoms with Gasteiger partial charge in [-0.15, -0.1) is 11.8 Å². The Bertz CT molecular complexity index is 1000. The molecule has 0 radical (unpaired) electrons. The highest BCUT2D eigenvalue weighted by Crippen LogP contribution is 2.32. The number of fused-ring (bicyclic) bond motifs is 2. The third kappa shape index (κ3) is 2.69. The van der Waals surface area contributed by atoms with Crippen LogP contribution in [0.25, 0.3) is 21.9 Å². The summed E-state index contributed by atoms with van der Waals surface area (Å²) in [4.78, 5) is 25.0. The molecule has 0 saturated heterocycles. The first-order valence-corrected chi connectivity index (χ1v) is 9.00.